The lowest BCUT2D eigenvalue weighted by atomic mass is 10.0. The van der Waals surface area contributed by atoms with E-state index in [0.717, 1.165) is 13.1 Å². The Bertz CT molecular complexity index is 305. The van der Waals surface area contributed by atoms with Gasteiger partial charge in [0.25, 0.3) is 0 Å². The summed E-state index contributed by atoms with van der Waals surface area (Å²) >= 11 is 0. The number of carbonyl (C=O) groups excluding carboxylic acids is 1. The molecule has 7 nitrogen and oxygen atoms in total. The highest BCUT2D eigenvalue weighted by atomic mass is 16.4. The Morgan fingerprint density at radius 2 is 2.00 bits per heavy atom. The van der Waals surface area contributed by atoms with E-state index < -0.39 is 18.0 Å². The van der Waals surface area contributed by atoms with Crippen molar-refractivity contribution < 1.29 is 14.7 Å². The summed E-state index contributed by atoms with van der Waals surface area (Å²) in [6, 6.07) is -0.176. The first-order valence-electron chi connectivity index (χ1n) is 5.33. The number of hydrogen-bond acceptors (Lipinski definition) is 4. The lowest BCUT2D eigenvalue weighted by Gasteiger charge is -2.46. The van der Waals surface area contributed by atoms with Crippen molar-refractivity contribution in [3.63, 3.8) is 0 Å². The molecule has 2 heterocycles. The molecule has 2 fully saturated rings. The van der Waals surface area contributed by atoms with Crippen molar-refractivity contribution in [2.75, 3.05) is 32.7 Å². The highest BCUT2D eigenvalue weighted by Gasteiger charge is 2.38. The van der Waals surface area contributed by atoms with Crippen LogP contribution in [0, 0.1) is 0 Å². The molecular formula is C9H16N4O3. The average molecular weight is 228 g/mol. The molecule has 0 spiro atoms. The summed E-state index contributed by atoms with van der Waals surface area (Å²) in [5, 5.41) is 12.0. The van der Waals surface area contributed by atoms with E-state index in [0.29, 0.717) is 19.1 Å². The van der Waals surface area contributed by atoms with E-state index in [9.17, 15) is 9.59 Å². The van der Waals surface area contributed by atoms with Gasteiger partial charge in [-0.1, -0.05) is 0 Å². The number of carboxylic acid groups (broad SMARTS) is 1. The summed E-state index contributed by atoms with van der Waals surface area (Å²) in [7, 11) is 0. The van der Waals surface area contributed by atoms with Crippen molar-refractivity contribution in [3.05, 3.63) is 0 Å². The van der Waals surface area contributed by atoms with Crippen LogP contribution in [0.2, 0.25) is 0 Å². The molecule has 2 saturated heterocycles. The van der Waals surface area contributed by atoms with Crippen LogP contribution < -0.4 is 11.1 Å². The smallest absolute Gasteiger partial charge is 0.407 e. The second-order valence-electron chi connectivity index (χ2n) is 4.20. The van der Waals surface area contributed by atoms with Gasteiger partial charge in [0.1, 0.15) is 6.04 Å². The number of rotatable bonds is 2. The van der Waals surface area contributed by atoms with E-state index in [1.165, 1.54) is 4.90 Å². The van der Waals surface area contributed by atoms with Crippen molar-refractivity contribution in [2.24, 2.45) is 5.73 Å². The molecule has 0 aromatic rings. The van der Waals surface area contributed by atoms with Gasteiger partial charge in [-0.25, -0.2) is 4.79 Å². The third-order valence-electron chi connectivity index (χ3n) is 3.25. The van der Waals surface area contributed by atoms with Crippen molar-refractivity contribution in [1.29, 1.82) is 0 Å². The second kappa shape index (κ2) is 4.26. The van der Waals surface area contributed by atoms with Gasteiger partial charge in [0.05, 0.1) is 0 Å². The van der Waals surface area contributed by atoms with Crippen molar-refractivity contribution in [3.8, 4) is 0 Å². The summed E-state index contributed by atoms with van der Waals surface area (Å²) in [5.74, 6) is -0.446. The summed E-state index contributed by atoms with van der Waals surface area (Å²) in [5.41, 5.74) is 5.32. The maximum absolute atomic E-state index is 11.3. The van der Waals surface area contributed by atoms with Crippen molar-refractivity contribution >= 4 is 12.0 Å². The molecule has 0 aromatic carbocycles. The quantitative estimate of drug-likeness (QED) is 0.513. The number of nitrogens with zero attached hydrogens (tertiary/aromatic N) is 2. The summed E-state index contributed by atoms with van der Waals surface area (Å²) < 4.78 is 0. The fraction of sp³-hybridized carbons (Fsp3) is 0.778. The zero-order valence-corrected chi connectivity index (χ0v) is 8.93. The number of carbonyl (C=O) groups is 2. The summed E-state index contributed by atoms with van der Waals surface area (Å²) in [6.45, 7) is 2.89. The Labute approximate surface area is 93.2 Å². The number of hydrogen-bond donors (Lipinski definition) is 3. The van der Waals surface area contributed by atoms with Crippen LogP contribution in [0.1, 0.15) is 0 Å². The van der Waals surface area contributed by atoms with E-state index in [4.69, 9.17) is 10.8 Å². The number of nitrogens with two attached hydrogens (primary N) is 1. The van der Waals surface area contributed by atoms with Crippen molar-refractivity contribution in [2.45, 2.75) is 12.1 Å². The third-order valence-corrected chi connectivity index (χ3v) is 3.25. The van der Waals surface area contributed by atoms with Crippen molar-refractivity contribution in [1.82, 2.24) is 15.1 Å². The van der Waals surface area contributed by atoms with Crippen LogP contribution >= 0.6 is 0 Å². The van der Waals surface area contributed by atoms with Gasteiger partial charge in [0.2, 0.25) is 5.91 Å². The molecule has 2 aliphatic rings. The van der Waals surface area contributed by atoms with Gasteiger partial charge < -0.3 is 21.1 Å². The maximum Gasteiger partial charge on any atom is 0.407 e. The number of nitrogens with one attached hydrogen (secondary N) is 1. The summed E-state index contributed by atoms with van der Waals surface area (Å²) in [4.78, 5) is 25.4. The fourth-order valence-electron chi connectivity index (χ4n) is 2.17. The van der Waals surface area contributed by atoms with Gasteiger partial charge in [-0.3, -0.25) is 9.69 Å². The number of piperazine rings is 1. The minimum Gasteiger partial charge on any atom is -0.465 e. The molecule has 0 aliphatic carbocycles. The van der Waals surface area contributed by atoms with Crippen LogP contribution in [-0.2, 0) is 4.79 Å². The SMILES string of the molecule is NC(=O)C1CN(C(=O)O)CCN1C1CNC1. The molecule has 0 radical (unpaired) electrons. The highest BCUT2D eigenvalue weighted by Crippen LogP contribution is 2.15. The molecule has 1 unspecified atom stereocenters. The molecule has 0 saturated carbocycles. The zero-order valence-electron chi connectivity index (χ0n) is 8.93. The van der Waals surface area contributed by atoms with Crippen LogP contribution in [0.25, 0.3) is 0 Å². The van der Waals surface area contributed by atoms with Crippen LogP contribution in [0.4, 0.5) is 4.79 Å². The lowest BCUT2D eigenvalue weighted by Crippen LogP contribution is -2.68. The van der Waals surface area contributed by atoms with E-state index in [2.05, 4.69) is 5.32 Å². The van der Waals surface area contributed by atoms with Gasteiger partial charge in [-0.05, 0) is 0 Å². The molecule has 16 heavy (non-hydrogen) atoms. The normalized spacial score (nSPS) is 27.5. The Morgan fingerprint density at radius 3 is 2.44 bits per heavy atom. The van der Waals surface area contributed by atoms with E-state index >= 15 is 0 Å². The van der Waals surface area contributed by atoms with E-state index in [1.54, 1.807) is 0 Å². The number of amides is 2. The van der Waals surface area contributed by atoms with Gasteiger partial charge >= 0.3 is 6.09 Å². The second-order valence-corrected chi connectivity index (χ2v) is 4.20. The first-order chi connectivity index (χ1) is 7.59. The molecule has 1 atom stereocenters. The van der Waals surface area contributed by atoms with Crippen LogP contribution in [0.5, 0.6) is 0 Å². The largest absolute Gasteiger partial charge is 0.465 e. The van der Waals surface area contributed by atoms with Crippen LogP contribution in [-0.4, -0.2) is 71.7 Å². The predicted octanol–water partition coefficient (Wildman–Crippen LogP) is -1.89. The first kappa shape index (κ1) is 11.2. The van der Waals surface area contributed by atoms with Crippen LogP contribution in [0.3, 0.4) is 0 Å². The standard InChI is InChI=1S/C9H16N4O3/c10-8(14)7-5-12(9(15)16)1-2-13(7)6-3-11-4-6/h6-7,11H,1-5H2,(H2,10,14)(H,15,16). The summed E-state index contributed by atoms with van der Waals surface area (Å²) in [6.07, 6.45) is -0.988. The molecule has 4 N–H and O–H groups in total. The van der Waals surface area contributed by atoms with Gasteiger partial charge in [0.15, 0.2) is 0 Å². The zero-order chi connectivity index (χ0) is 11.7. The lowest BCUT2D eigenvalue weighted by molar-refractivity contribution is -0.127. The monoisotopic (exact) mass is 228 g/mol. The Morgan fingerprint density at radius 1 is 1.31 bits per heavy atom. The molecule has 2 rings (SSSR count). The molecule has 7 heteroatoms. The number of primary amides is 1. The Kier molecular flexibility index (Phi) is 2.97. The predicted molar refractivity (Wildman–Crippen MR) is 55.9 cm³/mol. The molecule has 2 amide bonds. The topological polar surface area (TPSA) is 98.9 Å². The van der Waals surface area contributed by atoms with E-state index in [1.807, 2.05) is 4.90 Å². The maximum atomic E-state index is 11.3. The van der Waals surface area contributed by atoms with E-state index in [-0.39, 0.29) is 6.54 Å². The fourth-order valence-corrected chi connectivity index (χ4v) is 2.17. The van der Waals surface area contributed by atoms with Crippen LogP contribution in [0.15, 0.2) is 0 Å². The van der Waals surface area contributed by atoms with Gasteiger partial charge in [-0.15, -0.1) is 0 Å². The van der Waals surface area contributed by atoms with Gasteiger partial charge in [-0.2, -0.15) is 0 Å². The minimum absolute atomic E-state index is 0.182. The third kappa shape index (κ3) is 1.96. The van der Waals surface area contributed by atoms with Gasteiger partial charge in [0, 0.05) is 38.8 Å². The average Bonchev–Trinajstić information content (AvgIpc) is 2.14. The highest BCUT2D eigenvalue weighted by molar-refractivity contribution is 5.81. The molecule has 0 aromatic heterocycles. The molecule has 90 valence electrons. The first-order valence-corrected chi connectivity index (χ1v) is 5.33. The molecule has 2 aliphatic heterocycles. The molecular weight excluding hydrogens is 212 g/mol. The Balaban J connectivity index is 2.04. The Hall–Kier alpha value is -1.34. The minimum atomic E-state index is -0.988. The molecule has 0 bridgehead atoms.